The zero-order valence-corrected chi connectivity index (χ0v) is 13.3. The molecule has 3 heteroatoms. The highest BCUT2D eigenvalue weighted by molar-refractivity contribution is 9.10. The fourth-order valence-corrected chi connectivity index (χ4v) is 2.56. The van der Waals surface area contributed by atoms with Crippen LogP contribution < -0.4 is 5.32 Å². The zero-order chi connectivity index (χ0) is 14.5. The molecule has 0 aliphatic carbocycles. The first-order valence-corrected chi connectivity index (χ1v) is 7.52. The molecule has 0 atom stereocenters. The lowest BCUT2D eigenvalue weighted by Gasteiger charge is -2.11. The predicted molar refractivity (Wildman–Crippen MR) is 87.0 cm³/mol. The molecule has 0 aliphatic heterocycles. The average Bonchev–Trinajstić information content (AvgIpc) is 2.43. The topological polar surface area (TPSA) is 29.1 Å². The molecule has 1 amide bonds. The Morgan fingerprint density at radius 2 is 1.90 bits per heavy atom. The van der Waals surface area contributed by atoms with Gasteiger partial charge in [0, 0.05) is 10.2 Å². The molecule has 0 bridgehead atoms. The Bertz CT molecular complexity index is 622. The molecule has 0 fully saturated rings. The van der Waals surface area contributed by atoms with E-state index in [0.29, 0.717) is 6.42 Å². The van der Waals surface area contributed by atoms with Gasteiger partial charge in [-0.2, -0.15) is 0 Å². The van der Waals surface area contributed by atoms with E-state index >= 15 is 0 Å². The summed E-state index contributed by atoms with van der Waals surface area (Å²) in [5, 5.41) is 3.00. The van der Waals surface area contributed by atoms with Gasteiger partial charge in [0.1, 0.15) is 0 Å². The van der Waals surface area contributed by atoms with Crippen LogP contribution in [0.1, 0.15) is 23.6 Å². The van der Waals surface area contributed by atoms with Crippen molar-refractivity contribution in [3.8, 4) is 0 Å². The number of amides is 1. The van der Waals surface area contributed by atoms with Crippen LogP contribution in [-0.2, 0) is 17.6 Å². The van der Waals surface area contributed by atoms with Crippen molar-refractivity contribution < 1.29 is 4.79 Å². The second-order valence-corrected chi connectivity index (χ2v) is 5.72. The highest BCUT2D eigenvalue weighted by atomic mass is 79.9. The molecule has 2 nitrogen and oxygen atoms in total. The molecule has 104 valence electrons. The number of rotatable bonds is 4. The van der Waals surface area contributed by atoms with E-state index in [-0.39, 0.29) is 5.91 Å². The maximum Gasteiger partial charge on any atom is 0.228 e. The third kappa shape index (κ3) is 3.70. The summed E-state index contributed by atoms with van der Waals surface area (Å²) in [6, 6.07) is 13.9. The van der Waals surface area contributed by atoms with Crippen LogP contribution in [0.4, 0.5) is 5.69 Å². The van der Waals surface area contributed by atoms with Gasteiger partial charge in [0.25, 0.3) is 0 Å². The predicted octanol–water partition coefficient (Wildman–Crippen LogP) is 4.50. The summed E-state index contributed by atoms with van der Waals surface area (Å²) < 4.78 is 1.03. The molecule has 0 heterocycles. The van der Waals surface area contributed by atoms with E-state index in [0.717, 1.165) is 33.3 Å². The maximum atomic E-state index is 12.2. The second-order valence-electron chi connectivity index (χ2n) is 4.81. The molecule has 1 N–H and O–H groups in total. The fraction of sp³-hybridized carbons (Fsp3) is 0.235. The number of benzene rings is 2. The van der Waals surface area contributed by atoms with Crippen LogP contribution in [0.15, 0.2) is 46.9 Å². The SMILES string of the molecule is CCc1cc(Br)ccc1NC(=O)Cc1ccccc1C. The molecule has 2 aromatic carbocycles. The number of anilines is 1. The normalized spacial score (nSPS) is 10.3. The van der Waals surface area contributed by atoms with Crippen molar-refractivity contribution in [1.29, 1.82) is 0 Å². The standard InChI is InChI=1S/C17H18BrNO/c1-3-13-10-15(18)8-9-16(13)19-17(20)11-14-7-5-4-6-12(14)2/h4-10H,3,11H2,1-2H3,(H,19,20). The first-order chi connectivity index (χ1) is 9.60. The van der Waals surface area contributed by atoms with Crippen LogP contribution in [0.25, 0.3) is 0 Å². The van der Waals surface area contributed by atoms with E-state index in [4.69, 9.17) is 0 Å². The summed E-state index contributed by atoms with van der Waals surface area (Å²) in [4.78, 5) is 12.2. The minimum Gasteiger partial charge on any atom is -0.326 e. The molecule has 0 aromatic heterocycles. The number of hydrogen-bond donors (Lipinski definition) is 1. The van der Waals surface area contributed by atoms with Gasteiger partial charge in [-0.25, -0.2) is 0 Å². The average molecular weight is 332 g/mol. The molecule has 0 saturated carbocycles. The van der Waals surface area contributed by atoms with Gasteiger partial charge in [-0.3, -0.25) is 4.79 Å². The van der Waals surface area contributed by atoms with Gasteiger partial charge >= 0.3 is 0 Å². The van der Waals surface area contributed by atoms with Crippen LogP contribution in [0.5, 0.6) is 0 Å². The zero-order valence-electron chi connectivity index (χ0n) is 11.7. The highest BCUT2D eigenvalue weighted by Gasteiger charge is 2.08. The number of hydrogen-bond acceptors (Lipinski definition) is 1. The van der Waals surface area contributed by atoms with Gasteiger partial charge in [0.05, 0.1) is 6.42 Å². The molecular formula is C17H18BrNO. The molecule has 0 radical (unpaired) electrons. The van der Waals surface area contributed by atoms with Crippen molar-refractivity contribution >= 4 is 27.5 Å². The fourth-order valence-electron chi connectivity index (χ4n) is 2.15. The lowest BCUT2D eigenvalue weighted by atomic mass is 10.1. The Balaban J connectivity index is 2.11. The van der Waals surface area contributed by atoms with Gasteiger partial charge < -0.3 is 5.32 Å². The van der Waals surface area contributed by atoms with Crippen molar-refractivity contribution in [3.05, 3.63) is 63.6 Å². The summed E-state index contributed by atoms with van der Waals surface area (Å²) in [6.07, 6.45) is 1.30. The van der Waals surface area contributed by atoms with Crippen molar-refractivity contribution in [2.24, 2.45) is 0 Å². The highest BCUT2D eigenvalue weighted by Crippen LogP contribution is 2.22. The summed E-state index contributed by atoms with van der Waals surface area (Å²) >= 11 is 3.45. The largest absolute Gasteiger partial charge is 0.326 e. The molecule has 0 unspecified atom stereocenters. The third-order valence-electron chi connectivity index (χ3n) is 3.33. The van der Waals surface area contributed by atoms with Gasteiger partial charge in [-0.1, -0.05) is 47.1 Å². The van der Waals surface area contributed by atoms with E-state index in [9.17, 15) is 4.79 Å². The molecule has 2 rings (SSSR count). The lowest BCUT2D eigenvalue weighted by molar-refractivity contribution is -0.115. The van der Waals surface area contributed by atoms with Crippen molar-refractivity contribution in [1.82, 2.24) is 0 Å². The van der Waals surface area contributed by atoms with Gasteiger partial charge in [0.15, 0.2) is 0 Å². The van der Waals surface area contributed by atoms with Crippen LogP contribution in [0.3, 0.4) is 0 Å². The summed E-state index contributed by atoms with van der Waals surface area (Å²) in [6.45, 7) is 4.11. The quantitative estimate of drug-likeness (QED) is 0.877. The first kappa shape index (κ1) is 14.8. The number of halogens is 1. The number of carbonyl (C=O) groups is 1. The van der Waals surface area contributed by atoms with Gasteiger partial charge in [0.2, 0.25) is 5.91 Å². The Morgan fingerprint density at radius 1 is 1.15 bits per heavy atom. The lowest BCUT2D eigenvalue weighted by Crippen LogP contribution is -2.16. The number of carbonyl (C=O) groups excluding carboxylic acids is 1. The van der Waals surface area contributed by atoms with Crippen LogP contribution >= 0.6 is 15.9 Å². The van der Waals surface area contributed by atoms with Crippen LogP contribution in [0, 0.1) is 6.92 Å². The molecule has 0 spiro atoms. The third-order valence-corrected chi connectivity index (χ3v) is 3.83. The van der Waals surface area contributed by atoms with Crippen LogP contribution in [-0.4, -0.2) is 5.91 Å². The van der Waals surface area contributed by atoms with Gasteiger partial charge in [-0.05, 0) is 48.2 Å². The summed E-state index contributed by atoms with van der Waals surface area (Å²) in [5.74, 6) is 0.0244. The Labute approximate surface area is 128 Å². The first-order valence-electron chi connectivity index (χ1n) is 6.73. The molecule has 0 aliphatic rings. The minimum atomic E-state index is 0.0244. The van der Waals surface area contributed by atoms with Crippen molar-refractivity contribution in [2.45, 2.75) is 26.7 Å². The van der Waals surface area contributed by atoms with E-state index in [1.54, 1.807) is 0 Å². The summed E-state index contributed by atoms with van der Waals surface area (Å²) in [7, 11) is 0. The Kier molecular flexibility index (Phi) is 4.96. The second kappa shape index (κ2) is 6.71. The maximum absolute atomic E-state index is 12.2. The number of aryl methyl sites for hydroxylation is 2. The smallest absolute Gasteiger partial charge is 0.228 e. The van der Waals surface area contributed by atoms with Gasteiger partial charge in [-0.15, -0.1) is 0 Å². The molecule has 0 saturated heterocycles. The van der Waals surface area contributed by atoms with E-state index in [1.165, 1.54) is 0 Å². The molecule has 2 aromatic rings. The van der Waals surface area contributed by atoms with E-state index in [2.05, 4.69) is 28.2 Å². The van der Waals surface area contributed by atoms with E-state index in [1.807, 2.05) is 49.4 Å². The monoisotopic (exact) mass is 331 g/mol. The van der Waals surface area contributed by atoms with Crippen molar-refractivity contribution in [2.75, 3.05) is 5.32 Å². The molecular weight excluding hydrogens is 314 g/mol. The van der Waals surface area contributed by atoms with Crippen molar-refractivity contribution in [3.63, 3.8) is 0 Å². The summed E-state index contributed by atoms with van der Waals surface area (Å²) in [5.41, 5.74) is 4.25. The van der Waals surface area contributed by atoms with Crippen LogP contribution in [0.2, 0.25) is 0 Å². The minimum absolute atomic E-state index is 0.0244. The Hall–Kier alpha value is -1.61. The Morgan fingerprint density at radius 3 is 2.60 bits per heavy atom. The molecule has 20 heavy (non-hydrogen) atoms. The van der Waals surface area contributed by atoms with E-state index < -0.39 is 0 Å². The number of nitrogens with one attached hydrogen (secondary N) is 1.